The van der Waals surface area contributed by atoms with Crippen molar-refractivity contribution in [3.8, 4) is 0 Å². The zero-order valence-electron chi connectivity index (χ0n) is 13.2. The minimum atomic E-state index is -1.00. The lowest BCUT2D eigenvalue weighted by atomic mass is 10.1. The number of aryl methyl sites for hydroxylation is 2. The summed E-state index contributed by atoms with van der Waals surface area (Å²) in [5.41, 5.74) is 8.86. The van der Waals surface area contributed by atoms with E-state index in [2.05, 4.69) is 18.2 Å². The van der Waals surface area contributed by atoms with Crippen LogP contribution in [0.25, 0.3) is 0 Å². The maximum atomic E-state index is 12.1. The van der Waals surface area contributed by atoms with Crippen LogP contribution in [0.3, 0.4) is 0 Å². The number of nitrogens with two attached hydrogens (primary N) is 1. The van der Waals surface area contributed by atoms with Crippen LogP contribution in [-0.4, -0.2) is 40.9 Å². The Bertz CT molecular complexity index is 483. The number of nitrogens with zero attached hydrogens (tertiary/aromatic N) is 1. The van der Waals surface area contributed by atoms with Crippen LogP contribution < -0.4 is 5.73 Å². The van der Waals surface area contributed by atoms with Gasteiger partial charge in [0.2, 0.25) is 5.91 Å². The van der Waals surface area contributed by atoms with E-state index in [1.54, 1.807) is 11.9 Å². The molecule has 0 aromatic heterocycles. The van der Waals surface area contributed by atoms with Crippen LogP contribution in [0.15, 0.2) is 18.2 Å². The van der Waals surface area contributed by atoms with Crippen molar-refractivity contribution in [2.24, 2.45) is 5.73 Å². The SMILES string of the molecule is Cc1cc(C)cc(CS(=O)CCC(=O)N(C)CCCN)c1. The maximum absolute atomic E-state index is 12.1. The van der Waals surface area contributed by atoms with Crippen LogP contribution in [-0.2, 0) is 21.3 Å². The highest BCUT2D eigenvalue weighted by Gasteiger charge is 2.11. The molecule has 5 heteroatoms. The average Bonchev–Trinajstić information content (AvgIpc) is 2.40. The summed E-state index contributed by atoms with van der Waals surface area (Å²) in [6, 6.07) is 6.21. The first kappa shape index (κ1) is 17.9. The van der Waals surface area contributed by atoms with Gasteiger partial charge in [0, 0.05) is 42.3 Å². The van der Waals surface area contributed by atoms with Crippen LogP contribution >= 0.6 is 0 Å². The summed E-state index contributed by atoms with van der Waals surface area (Å²) in [5, 5.41) is 0. The molecule has 0 radical (unpaired) electrons. The number of hydrogen-bond donors (Lipinski definition) is 1. The van der Waals surface area contributed by atoms with Crippen LogP contribution in [0.5, 0.6) is 0 Å². The zero-order chi connectivity index (χ0) is 15.8. The normalized spacial score (nSPS) is 12.2. The number of amides is 1. The number of benzene rings is 1. The molecular weight excluding hydrogens is 284 g/mol. The number of carbonyl (C=O) groups excluding carboxylic acids is 1. The standard InChI is InChI=1S/C16H26N2O2S/c1-13-9-14(2)11-15(10-13)12-21(20)8-5-16(19)18(3)7-4-6-17/h9-11H,4-8,12,17H2,1-3H3. The molecule has 1 unspecified atom stereocenters. The monoisotopic (exact) mass is 310 g/mol. The van der Waals surface area contributed by atoms with Crippen molar-refractivity contribution in [1.82, 2.24) is 4.90 Å². The molecule has 2 N–H and O–H groups in total. The quantitative estimate of drug-likeness (QED) is 0.795. The highest BCUT2D eigenvalue weighted by molar-refractivity contribution is 7.84. The molecule has 0 aliphatic heterocycles. The highest BCUT2D eigenvalue weighted by Crippen LogP contribution is 2.11. The fourth-order valence-electron chi connectivity index (χ4n) is 2.26. The van der Waals surface area contributed by atoms with E-state index in [9.17, 15) is 9.00 Å². The topological polar surface area (TPSA) is 63.4 Å². The lowest BCUT2D eigenvalue weighted by Crippen LogP contribution is -2.29. The molecule has 1 amide bonds. The second-order valence-corrected chi connectivity index (χ2v) is 7.07. The van der Waals surface area contributed by atoms with Gasteiger partial charge in [-0.2, -0.15) is 0 Å². The van der Waals surface area contributed by atoms with E-state index in [4.69, 9.17) is 5.73 Å². The summed E-state index contributed by atoms with van der Waals surface area (Å²) in [7, 11) is 0.766. The van der Waals surface area contributed by atoms with Crippen molar-refractivity contribution in [3.05, 3.63) is 34.9 Å². The van der Waals surface area contributed by atoms with Crippen molar-refractivity contribution in [3.63, 3.8) is 0 Å². The Labute approximate surface area is 130 Å². The lowest BCUT2D eigenvalue weighted by molar-refractivity contribution is -0.129. The van der Waals surface area contributed by atoms with E-state index < -0.39 is 10.8 Å². The van der Waals surface area contributed by atoms with E-state index >= 15 is 0 Å². The van der Waals surface area contributed by atoms with E-state index in [0.717, 1.165) is 12.0 Å². The summed E-state index contributed by atoms with van der Waals surface area (Å²) in [6.45, 7) is 5.32. The Hall–Kier alpha value is -1.20. The molecular formula is C16H26N2O2S. The number of hydrogen-bond acceptors (Lipinski definition) is 3. The van der Waals surface area contributed by atoms with Gasteiger partial charge >= 0.3 is 0 Å². The van der Waals surface area contributed by atoms with Crippen LogP contribution in [0.2, 0.25) is 0 Å². The predicted molar refractivity (Wildman–Crippen MR) is 88.6 cm³/mol. The van der Waals surface area contributed by atoms with E-state index in [1.165, 1.54) is 11.1 Å². The van der Waals surface area contributed by atoms with Crippen LogP contribution in [0, 0.1) is 13.8 Å². The first-order valence-corrected chi connectivity index (χ1v) is 8.77. The molecule has 21 heavy (non-hydrogen) atoms. The van der Waals surface area contributed by atoms with Gasteiger partial charge in [-0.1, -0.05) is 29.3 Å². The molecule has 0 saturated heterocycles. The number of rotatable bonds is 8. The van der Waals surface area contributed by atoms with Gasteiger partial charge in [0.15, 0.2) is 0 Å². The largest absolute Gasteiger partial charge is 0.346 e. The van der Waals surface area contributed by atoms with Gasteiger partial charge in [-0.15, -0.1) is 0 Å². The first-order chi connectivity index (χ1) is 9.92. The second-order valence-electron chi connectivity index (χ2n) is 5.49. The van der Waals surface area contributed by atoms with Crippen molar-refractivity contribution < 1.29 is 9.00 Å². The third-order valence-electron chi connectivity index (χ3n) is 3.28. The molecule has 4 nitrogen and oxygen atoms in total. The molecule has 1 atom stereocenters. The third-order valence-corrected chi connectivity index (χ3v) is 4.59. The molecule has 0 spiro atoms. The summed E-state index contributed by atoms with van der Waals surface area (Å²) >= 11 is 0. The fraction of sp³-hybridized carbons (Fsp3) is 0.562. The minimum Gasteiger partial charge on any atom is -0.346 e. The molecule has 0 aliphatic carbocycles. The smallest absolute Gasteiger partial charge is 0.223 e. The molecule has 0 bridgehead atoms. The molecule has 1 aromatic carbocycles. The Morgan fingerprint density at radius 3 is 2.43 bits per heavy atom. The number of carbonyl (C=O) groups is 1. The predicted octanol–water partition coefficient (Wildman–Crippen LogP) is 1.75. The minimum absolute atomic E-state index is 0.0391. The molecule has 0 saturated carbocycles. The van der Waals surface area contributed by atoms with Gasteiger partial charge in [-0.05, 0) is 32.4 Å². The average molecular weight is 310 g/mol. The van der Waals surface area contributed by atoms with Gasteiger partial charge in [0.1, 0.15) is 0 Å². The fourth-order valence-corrected chi connectivity index (χ4v) is 3.34. The van der Waals surface area contributed by atoms with Crippen LogP contribution in [0.1, 0.15) is 29.5 Å². The summed E-state index contributed by atoms with van der Waals surface area (Å²) < 4.78 is 12.1. The van der Waals surface area contributed by atoms with Gasteiger partial charge in [-0.25, -0.2) is 0 Å². The van der Waals surface area contributed by atoms with E-state index in [-0.39, 0.29) is 5.91 Å². The molecule has 0 heterocycles. The Kier molecular flexibility index (Phi) is 7.61. The van der Waals surface area contributed by atoms with Gasteiger partial charge in [0.25, 0.3) is 0 Å². The summed E-state index contributed by atoms with van der Waals surface area (Å²) in [4.78, 5) is 13.5. The Balaban J connectivity index is 2.42. The van der Waals surface area contributed by atoms with Crippen LogP contribution in [0.4, 0.5) is 0 Å². The Morgan fingerprint density at radius 1 is 1.24 bits per heavy atom. The van der Waals surface area contributed by atoms with Gasteiger partial charge in [-0.3, -0.25) is 9.00 Å². The van der Waals surface area contributed by atoms with Gasteiger partial charge in [0.05, 0.1) is 0 Å². The molecule has 118 valence electrons. The van der Waals surface area contributed by atoms with Crippen molar-refractivity contribution >= 4 is 16.7 Å². The van der Waals surface area contributed by atoms with Gasteiger partial charge < -0.3 is 10.6 Å². The maximum Gasteiger partial charge on any atom is 0.223 e. The summed E-state index contributed by atoms with van der Waals surface area (Å²) in [6.07, 6.45) is 1.13. The van der Waals surface area contributed by atoms with E-state index in [1.807, 2.05) is 13.8 Å². The molecule has 0 aliphatic rings. The Morgan fingerprint density at radius 2 is 1.86 bits per heavy atom. The zero-order valence-corrected chi connectivity index (χ0v) is 14.0. The lowest BCUT2D eigenvalue weighted by Gasteiger charge is -2.16. The van der Waals surface area contributed by atoms with E-state index in [0.29, 0.717) is 31.0 Å². The second kappa shape index (κ2) is 8.95. The van der Waals surface area contributed by atoms with Crippen molar-refractivity contribution in [1.29, 1.82) is 0 Å². The highest BCUT2D eigenvalue weighted by atomic mass is 32.2. The summed E-state index contributed by atoms with van der Waals surface area (Å²) in [5.74, 6) is 0.971. The van der Waals surface area contributed by atoms with Crippen molar-refractivity contribution in [2.45, 2.75) is 32.4 Å². The first-order valence-electron chi connectivity index (χ1n) is 7.28. The molecule has 0 fully saturated rings. The van der Waals surface area contributed by atoms with Crippen molar-refractivity contribution in [2.75, 3.05) is 25.9 Å². The molecule has 1 aromatic rings. The third kappa shape index (κ3) is 6.87. The molecule has 1 rings (SSSR count).